The van der Waals surface area contributed by atoms with Crippen LogP contribution in [0.4, 0.5) is 4.79 Å². The number of aromatic nitrogens is 4. The Kier molecular flexibility index (Phi) is 7.81. The first-order valence-corrected chi connectivity index (χ1v) is 12.7. The Bertz CT molecular complexity index is 1440. The number of rotatable bonds is 6. The molecule has 3 aromatic rings. The van der Waals surface area contributed by atoms with Gasteiger partial charge < -0.3 is 19.3 Å². The lowest BCUT2D eigenvalue weighted by Gasteiger charge is -2.34. The summed E-state index contributed by atoms with van der Waals surface area (Å²) in [5.41, 5.74) is -0.188. The highest BCUT2D eigenvalue weighted by Gasteiger charge is 2.26. The molecule has 1 aliphatic rings. The van der Waals surface area contributed by atoms with E-state index in [0.717, 1.165) is 16.3 Å². The van der Waals surface area contributed by atoms with Crippen LogP contribution in [0.3, 0.4) is 0 Å². The Hall–Kier alpha value is -3.87. The molecule has 12 nitrogen and oxygen atoms in total. The standard InChI is InChI=1S/C24H28N6O6S/c1-5-36-24(34)30-12-10-29(11-13-30)17(31)14-37-21-18-20(27(2)23(33)28(3)22(18)32)25-19(26-21)15-6-8-16(35-4)9-7-15/h6-9H,5,10-14H2,1-4H3. The van der Waals surface area contributed by atoms with Gasteiger partial charge in [-0.1, -0.05) is 11.8 Å². The quantitative estimate of drug-likeness (QED) is 0.341. The molecule has 0 atom stereocenters. The molecule has 0 radical (unpaired) electrons. The molecule has 4 rings (SSSR count). The van der Waals surface area contributed by atoms with Crippen LogP contribution in [0.2, 0.25) is 0 Å². The number of hydrogen-bond acceptors (Lipinski definition) is 9. The molecule has 3 heterocycles. The number of piperazine rings is 1. The van der Waals surface area contributed by atoms with Gasteiger partial charge in [0.2, 0.25) is 5.91 Å². The van der Waals surface area contributed by atoms with Gasteiger partial charge in [0.15, 0.2) is 11.5 Å². The number of methoxy groups -OCH3 is 1. The monoisotopic (exact) mass is 528 g/mol. The number of nitrogens with zero attached hydrogens (tertiary/aromatic N) is 6. The van der Waals surface area contributed by atoms with E-state index >= 15 is 0 Å². The first kappa shape index (κ1) is 26.2. The molecule has 1 aromatic carbocycles. The normalized spacial score (nSPS) is 13.6. The van der Waals surface area contributed by atoms with E-state index in [1.807, 2.05) is 0 Å². The van der Waals surface area contributed by atoms with Gasteiger partial charge in [-0.2, -0.15) is 0 Å². The highest BCUT2D eigenvalue weighted by atomic mass is 32.2. The van der Waals surface area contributed by atoms with Crippen molar-refractivity contribution in [2.75, 3.05) is 45.6 Å². The topological polar surface area (TPSA) is 129 Å². The molecule has 196 valence electrons. The fourth-order valence-electron chi connectivity index (χ4n) is 3.98. The summed E-state index contributed by atoms with van der Waals surface area (Å²) in [5, 5.41) is 0.484. The molecule has 13 heteroatoms. The van der Waals surface area contributed by atoms with Crippen molar-refractivity contribution in [2.45, 2.75) is 11.9 Å². The van der Waals surface area contributed by atoms with E-state index in [9.17, 15) is 19.2 Å². The van der Waals surface area contributed by atoms with Crippen molar-refractivity contribution >= 4 is 34.8 Å². The number of carbonyl (C=O) groups is 2. The molecule has 0 bridgehead atoms. The molecular weight excluding hydrogens is 500 g/mol. The minimum atomic E-state index is -0.530. The van der Waals surface area contributed by atoms with Gasteiger partial charge >= 0.3 is 11.8 Å². The van der Waals surface area contributed by atoms with Crippen molar-refractivity contribution < 1.29 is 19.1 Å². The minimum absolute atomic E-state index is 0.0273. The molecular formula is C24H28N6O6S. The van der Waals surface area contributed by atoms with E-state index in [0.29, 0.717) is 54.9 Å². The van der Waals surface area contributed by atoms with Crippen LogP contribution in [-0.4, -0.2) is 86.6 Å². The zero-order chi connectivity index (χ0) is 26.7. The molecule has 2 amide bonds. The first-order chi connectivity index (χ1) is 17.7. The zero-order valence-corrected chi connectivity index (χ0v) is 21.9. The summed E-state index contributed by atoms with van der Waals surface area (Å²) in [5.74, 6) is 0.859. The fourth-order valence-corrected chi connectivity index (χ4v) is 4.89. The summed E-state index contributed by atoms with van der Waals surface area (Å²) in [6, 6.07) is 7.08. The van der Waals surface area contributed by atoms with Crippen LogP contribution in [0.5, 0.6) is 5.75 Å². The number of ether oxygens (including phenoxy) is 2. The van der Waals surface area contributed by atoms with Gasteiger partial charge in [0.25, 0.3) is 5.56 Å². The van der Waals surface area contributed by atoms with Crippen LogP contribution >= 0.6 is 11.8 Å². The molecule has 1 saturated heterocycles. The van der Waals surface area contributed by atoms with Crippen LogP contribution in [0.25, 0.3) is 22.4 Å². The van der Waals surface area contributed by atoms with Crippen molar-refractivity contribution in [1.82, 2.24) is 28.9 Å². The highest BCUT2D eigenvalue weighted by molar-refractivity contribution is 8.00. The van der Waals surface area contributed by atoms with Gasteiger partial charge in [-0.25, -0.2) is 19.6 Å². The van der Waals surface area contributed by atoms with Gasteiger partial charge in [-0.3, -0.25) is 18.7 Å². The van der Waals surface area contributed by atoms with E-state index in [1.165, 1.54) is 18.7 Å². The number of amides is 2. The maximum Gasteiger partial charge on any atom is 0.409 e. The smallest absolute Gasteiger partial charge is 0.409 e. The predicted octanol–water partition coefficient (Wildman–Crippen LogP) is 1.10. The Balaban J connectivity index is 1.63. The summed E-state index contributed by atoms with van der Waals surface area (Å²) in [6.07, 6.45) is -0.385. The fraction of sp³-hybridized carbons (Fsp3) is 0.417. The van der Waals surface area contributed by atoms with Crippen LogP contribution in [0, 0.1) is 0 Å². The third kappa shape index (κ3) is 5.31. The van der Waals surface area contributed by atoms with Crippen LogP contribution in [0.15, 0.2) is 38.9 Å². The number of carbonyl (C=O) groups excluding carboxylic acids is 2. The van der Waals surface area contributed by atoms with Gasteiger partial charge in [-0.15, -0.1) is 0 Å². The summed E-state index contributed by atoms with van der Waals surface area (Å²) in [7, 11) is 4.50. The largest absolute Gasteiger partial charge is 0.497 e. The van der Waals surface area contributed by atoms with Crippen molar-refractivity contribution in [2.24, 2.45) is 14.1 Å². The third-order valence-electron chi connectivity index (χ3n) is 6.11. The molecule has 2 aromatic heterocycles. The maximum atomic E-state index is 13.0. The van der Waals surface area contributed by atoms with Crippen molar-refractivity contribution in [3.63, 3.8) is 0 Å². The second kappa shape index (κ2) is 11.0. The van der Waals surface area contributed by atoms with Crippen LogP contribution in [-0.2, 0) is 23.6 Å². The third-order valence-corrected chi connectivity index (χ3v) is 7.07. The Morgan fingerprint density at radius 2 is 1.62 bits per heavy atom. The zero-order valence-electron chi connectivity index (χ0n) is 21.1. The number of fused-ring (bicyclic) bond motifs is 1. The van der Waals surface area contributed by atoms with Crippen LogP contribution in [0.1, 0.15) is 6.92 Å². The van der Waals surface area contributed by atoms with Crippen molar-refractivity contribution in [1.29, 1.82) is 0 Å². The molecule has 0 unspecified atom stereocenters. The molecule has 0 aliphatic carbocycles. The van der Waals surface area contributed by atoms with E-state index in [4.69, 9.17) is 9.47 Å². The van der Waals surface area contributed by atoms with Crippen molar-refractivity contribution in [3.05, 3.63) is 45.1 Å². The van der Waals surface area contributed by atoms with E-state index in [-0.39, 0.29) is 28.8 Å². The number of hydrogen-bond donors (Lipinski definition) is 0. The summed E-state index contributed by atoms with van der Waals surface area (Å²) < 4.78 is 12.5. The van der Waals surface area contributed by atoms with E-state index in [2.05, 4.69) is 9.97 Å². The minimum Gasteiger partial charge on any atom is -0.497 e. The summed E-state index contributed by atoms with van der Waals surface area (Å²) in [4.78, 5) is 62.9. The second-order valence-electron chi connectivity index (χ2n) is 8.34. The second-order valence-corrected chi connectivity index (χ2v) is 9.30. The number of aryl methyl sites for hydroxylation is 1. The summed E-state index contributed by atoms with van der Waals surface area (Å²) in [6.45, 7) is 3.58. The van der Waals surface area contributed by atoms with Gasteiger partial charge in [-0.05, 0) is 31.2 Å². The average molecular weight is 529 g/mol. The molecule has 37 heavy (non-hydrogen) atoms. The molecule has 1 fully saturated rings. The number of benzene rings is 1. The van der Waals surface area contributed by atoms with E-state index < -0.39 is 11.2 Å². The Labute approximate surface area is 216 Å². The maximum absolute atomic E-state index is 13.0. The SMILES string of the molecule is CCOC(=O)N1CCN(C(=O)CSc2nc(-c3ccc(OC)cc3)nc3c2c(=O)n(C)c(=O)n3C)CC1. The van der Waals surface area contributed by atoms with Gasteiger partial charge in [0.1, 0.15) is 16.2 Å². The first-order valence-electron chi connectivity index (χ1n) is 11.7. The van der Waals surface area contributed by atoms with Gasteiger partial charge in [0.05, 0.1) is 19.5 Å². The lowest BCUT2D eigenvalue weighted by Crippen LogP contribution is -2.51. The lowest BCUT2D eigenvalue weighted by molar-refractivity contribution is -0.129. The molecule has 0 saturated carbocycles. The number of thioether (sulfide) groups is 1. The predicted molar refractivity (Wildman–Crippen MR) is 138 cm³/mol. The highest BCUT2D eigenvalue weighted by Crippen LogP contribution is 2.27. The van der Waals surface area contributed by atoms with Crippen LogP contribution < -0.4 is 16.0 Å². The van der Waals surface area contributed by atoms with Crippen molar-refractivity contribution in [3.8, 4) is 17.1 Å². The average Bonchev–Trinajstić information content (AvgIpc) is 2.93. The Morgan fingerprint density at radius 3 is 2.24 bits per heavy atom. The Morgan fingerprint density at radius 1 is 0.973 bits per heavy atom. The lowest BCUT2D eigenvalue weighted by atomic mass is 10.2. The molecule has 0 N–H and O–H groups in total. The van der Waals surface area contributed by atoms with Gasteiger partial charge in [0, 0.05) is 45.8 Å². The summed E-state index contributed by atoms with van der Waals surface area (Å²) >= 11 is 1.12. The van der Waals surface area contributed by atoms with E-state index in [1.54, 1.807) is 48.1 Å². The molecule has 1 aliphatic heterocycles. The molecule has 0 spiro atoms.